The quantitative estimate of drug-likeness (QED) is 0.274. The lowest BCUT2D eigenvalue weighted by Crippen LogP contribution is -2.41. The van der Waals surface area contributed by atoms with Crippen molar-refractivity contribution in [3.63, 3.8) is 0 Å². The van der Waals surface area contributed by atoms with Crippen LogP contribution in [0.5, 0.6) is 11.5 Å². The van der Waals surface area contributed by atoms with E-state index >= 15 is 0 Å². The molecule has 7 heteroatoms. The first-order valence-corrected chi connectivity index (χ1v) is 13.3. The summed E-state index contributed by atoms with van der Waals surface area (Å²) in [5.74, 6) is 1.32. The summed E-state index contributed by atoms with van der Waals surface area (Å²) in [4.78, 5) is 15.6. The van der Waals surface area contributed by atoms with E-state index in [-0.39, 0.29) is 24.5 Å². The number of halogens is 1. The third kappa shape index (κ3) is 4.76. The summed E-state index contributed by atoms with van der Waals surface area (Å²) in [6.07, 6.45) is 1.16. The minimum Gasteiger partial charge on any atom is -0.493 e. The number of aromatic amines is 1. The fourth-order valence-corrected chi connectivity index (χ4v) is 5.27. The molecule has 1 aliphatic heterocycles. The molecule has 1 amide bonds. The average molecular weight is 530 g/mol. The van der Waals surface area contributed by atoms with Gasteiger partial charge < -0.3 is 14.4 Å². The van der Waals surface area contributed by atoms with Crippen LogP contribution in [-0.4, -0.2) is 29.3 Å². The van der Waals surface area contributed by atoms with Crippen LogP contribution in [0.3, 0.4) is 0 Å². The number of hydrogen-bond donors (Lipinski definition) is 1. The molecule has 1 aromatic heterocycles. The highest BCUT2D eigenvalue weighted by Gasteiger charge is 2.36. The maximum Gasteiger partial charge on any atom is 0.232 e. The molecular formula is C31H32ClN3O3. The van der Waals surface area contributed by atoms with E-state index in [2.05, 4.69) is 17.1 Å². The number of anilines is 1. The second-order valence-electron chi connectivity index (χ2n) is 9.79. The minimum atomic E-state index is -0.350. The van der Waals surface area contributed by atoms with Crippen LogP contribution in [0.1, 0.15) is 54.4 Å². The number of amides is 1. The van der Waals surface area contributed by atoms with Crippen LogP contribution in [-0.2, 0) is 11.2 Å². The summed E-state index contributed by atoms with van der Waals surface area (Å²) in [7, 11) is 1.63. The predicted octanol–water partition coefficient (Wildman–Crippen LogP) is 7.21. The summed E-state index contributed by atoms with van der Waals surface area (Å²) in [6.45, 7) is 8.12. The number of aromatic nitrogens is 2. The lowest BCUT2D eigenvalue weighted by atomic mass is 9.86. The number of methoxy groups -OCH3 is 1. The lowest BCUT2D eigenvalue weighted by molar-refractivity contribution is -0.118. The standard InChI is InChI=1S/C31H32ClN3O3/c1-6-18(2)38-28-17-26-23(15-27(28)37-5)16-29(36)35(31(26)22-7-11-24(32)12-8-22)25-13-9-21(10-14-25)30-19(3)33-34-20(30)4/h7-15,17-18,31H,6,16H2,1-5H3,(H,33,34). The van der Waals surface area contributed by atoms with Crippen LogP contribution in [0.4, 0.5) is 5.69 Å². The van der Waals surface area contributed by atoms with E-state index < -0.39 is 0 Å². The molecule has 0 aliphatic carbocycles. The zero-order valence-electron chi connectivity index (χ0n) is 22.3. The van der Waals surface area contributed by atoms with Crippen molar-refractivity contribution in [2.45, 2.75) is 52.7 Å². The van der Waals surface area contributed by atoms with E-state index in [1.165, 1.54) is 0 Å². The monoisotopic (exact) mass is 529 g/mol. The fourth-order valence-electron chi connectivity index (χ4n) is 5.14. The Balaban J connectivity index is 1.64. The number of H-pyrrole nitrogens is 1. The molecule has 2 heterocycles. The van der Waals surface area contributed by atoms with E-state index in [1.807, 2.05) is 86.3 Å². The molecule has 0 bridgehead atoms. The van der Waals surface area contributed by atoms with Crippen molar-refractivity contribution in [3.8, 4) is 22.6 Å². The normalized spacial score (nSPS) is 15.8. The minimum absolute atomic E-state index is 0.0125. The van der Waals surface area contributed by atoms with Gasteiger partial charge in [0, 0.05) is 22.0 Å². The number of carbonyl (C=O) groups is 1. The Morgan fingerprint density at radius 2 is 1.79 bits per heavy atom. The number of rotatable bonds is 7. The van der Waals surface area contributed by atoms with Crippen molar-refractivity contribution in [1.82, 2.24) is 10.2 Å². The zero-order chi connectivity index (χ0) is 27.0. The van der Waals surface area contributed by atoms with Gasteiger partial charge in [-0.1, -0.05) is 42.8 Å². The summed E-state index contributed by atoms with van der Waals surface area (Å²) >= 11 is 6.24. The molecule has 0 fully saturated rings. The average Bonchev–Trinajstić information content (AvgIpc) is 3.26. The molecule has 0 radical (unpaired) electrons. The van der Waals surface area contributed by atoms with Gasteiger partial charge >= 0.3 is 0 Å². The lowest BCUT2D eigenvalue weighted by Gasteiger charge is -2.38. The predicted molar refractivity (Wildman–Crippen MR) is 151 cm³/mol. The van der Waals surface area contributed by atoms with Crippen molar-refractivity contribution in [1.29, 1.82) is 0 Å². The van der Waals surface area contributed by atoms with Crippen LogP contribution in [0.15, 0.2) is 60.7 Å². The van der Waals surface area contributed by atoms with Gasteiger partial charge in [0.2, 0.25) is 5.91 Å². The van der Waals surface area contributed by atoms with Gasteiger partial charge in [-0.3, -0.25) is 9.89 Å². The first-order chi connectivity index (χ1) is 18.3. The van der Waals surface area contributed by atoms with Gasteiger partial charge in [-0.15, -0.1) is 0 Å². The third-order valence-corrected chi connectivity index (χ3v) is 7.49. The number of carbonyl (C=O) groups excluding carboxylic acids is 1. The second kappa shape index (κ2) is 10.5. The van der Waals surface area contributed by atoms with Crippen molar-refractivity contribution >= 4 is 23.2 Å². The maximum absolute atomic E-state index is 13.8. The van der Waals surface area contributed by atoms with Crippen LogP contribution < -0.4 is 14.4 Å². The number of nitrogens with zero attached hydrogens (tertiary/aromatic N) is 2. The summed E-state index contributed by atoms with van der Waals surface area (Å²) in [5.41, 5.74) is 7.83. The summed E-state index contributed by atoms with van der Waals surface area (Å²) in [5, 5.41) is 8.02. The Morgan fingerprint density at radius 1 is 1.08 bits per heavy atom. The molecule has 4 aromatic rings. The Labute approximate surface area is 228 Å². The number of nitrogens with one attached hydrogen (secondary N) is 1. The third-order valence-electron chi connectivity index (χ3n) is 7.24. The zero-order valence-corrected chi connectivity index (χ0v) is 23.1. The highest BCUT2D eigenvalue weighted by molar-refractivity contribution is 6.30. The Bertz CT molecular complexity index is 1440. The Kier molecular flexibility index (Phi) is 7.17. The highest BCUT2D eigenvalue weighted by Crippen LogP contribution is 2.44. The maximum atomic E-state index is 13.8. The van der Waals surface area contributed by atoms with E-state index in [0.717, 1.165) is 51.3 Å². The smallest absolute Gasteiger partial charge is 0.232 e. The molecular weight excluding hydrogens is 498 g/mol. The first-order valence-electron chi connectivity index (χ1n) is 12.9. The van der Waals surface area contributed by atoms with Crippen LogP contribution in [0.2, 0.25) is 5.02 Å². The molecule has 1 aliphatic rings. The molecule has 5 rings (SSSR count). The molecule has 38 heavy (non-hydrogen) atoms. The van der Waals surface area contributed by atoms with Crippen molar-refractivity contribution in [2.75, 3.05) is 12.0 Å². The Hall–Kier alpha value is -3.77. The first kappa shape index (κ1) is 25.9. The second-order valence-corrected chi connectivity index (χ2v) is 10.2. The van der Waals surface area contributed by atoms with Gasteiger partial charge in [-0.2, -0.15) is 5.10 Å². The van der Waals surface area contributed by atoms with Crippen molar-refractivity contribution in [3.05, 3.63) is 93.8 Å². The van der Waals surface area contributed by atoms with E-state index in [4.69, 9.17) is 21.1 Å². The van der Waals surface area contributed by atoms with E-state index in [1.54, 1.807) is 7.11 Å². The van der Waals surface area contributed by atoms with Gasteiger partial charge in [0.15, 0.2) is 11.5 Å². The largest absolute Gasteiger partial charge is 0.493 e. The topological polar surface area (TPSA) is 67.5 Å². The molecule has 2 unspecified atom stereocenters. The van der Waals surface area contributed by atoms with Gasteiger partial charge in [0.25, 0.3) is 0 Å². The number of ether oxygens (including phenoxy) is 2. The molecule has 1 N–H and O–H groups in total. The van der Waals surface area contributed by atoms with Crippen molar-refractivity contribution in [2.24, 2.45) is 0 Å². The SMILES string of the molecule is CCC(C)Oc1cc2c(cc1OC)CC(=O)N(c1ccc(-c3c(C)n[nH]c3C)cc1)C2c1ccc(Cl)cc1. The Morgan fingerprint density at radius 3 is 2.39 bits per heavy atom. The van der Waals surface area contributed by atoms with Crippen LogP contribution in [0, 0.1) is 13.8 Å². The summed E-state index contributed by atoms with van der Waals surface area (Å²) < 4.78 is 11.9. The molecule has 3 aromatic carbocycles. The number of aryl methyl sites for hydroxylation is 2. The fraction of sp³-hybridized carbons (Fsp3) is 0.290. The van der Waals surface area contributed by atoms with Gasteiger partial charge in [0.1, 0.15) is 0 Å². The number of fused-ring (bicyclic) bond motifs is 1. The molecule has 196 valence electrons. The van der Waals surface area contributed by atoms with Crippen LogP contribution >= 0.6 is 11.6 Å². The number of hydrogen-bond acceptors (Lipinski definition) is 4. The highest BCUT2D eigenvalue weighted by atomic mass is 35.5. The molecule has 0 spiro atoms. The number of benzene rings is 3. The van der Waals surface area contributed by atoms with E-state index in [9.17, 15) is 4.79 Å². The molecule has 0 saturated heterocycles. The van der Waals surface area contributed by atoms with Gasteiger partial charge in [-0.25, -0.2) is 0 Å². The van der Waals surface area contributed by atoms with Crippen LogP contribution in [0.25, 0.3) is 11.1 Å². The molecule has 2 atom stereocenters. The molecule has 6 nitrogen and oxygen atoms in total. The molecule has 0 saturated carbocycles. The summed E-state index contributed by atoms with van der Waals surface area (Å²) in [6, 6.07) is 19.4. The van der Waals surface area contributed by atoms with Gasteiger partial charge in [-0.05, 0) is 85.8 Å². The van der Waals surface area contributed by atoms with Gasteiger partial charge in [0.05, 0.1) is 31.4 Å². The van der Waals surface area contributed by atoms with Crippen molar-refractivity contribution < 1.29 is 14.3 Å². The van der Waals surface area contributed by atoms with E-state index in [0.29, 0.717) is 16.5 Å².